The van der Waals surface area contributed by atoms with Crippen LogP contribution in [0, 0.1) is 0 Å². The van der Waals surface area contributed by atoms with E-state index in [0.29, 0.717) is 0 Å². The molecule has 0 aliphatic carbocycles. The second kappa shape index (κ2) is 4.50. The predicted octanol–water partition coefficient (Wildman–Crippen LogP) is 3.32. The minimum Gasteiger partial charge on any atom is -0.207 e. The molecule has 0 saturated heterocycles. The Morgan fingerprint density at radius 2 is 2.11 bits per heavy atom. The third kappa shape index (κ3) is 5.50. The van der Waals surface area contributed by atoms with Crippen LogP contribution in [0.25, 0.3) is 0 Å². The van der Waals surface area contributed by atoms with Gasteiger partial charge in [-0.1, -0.05) is 22.5 Å². The molecule has 0 aliphatic heterocycles. The van der Waals surface area contributed by atoms with Crippen molar-refractivity contribution < 1.29 is 4.39 Å². The van der Waals surface area contributed by atoms with Crippen molar-refractivity contribution in [2.24, 2.45) is 0 Å². The highest BCUT2D eigenvalue weighted by molar-refractivity contribution is 9.11. The van der Waals surface area contributed by atoms with Crippen LogP contribution in [0.3, 0.4) is 0 Å². The van der Waals surface area contributed by atoms with Crippen molar-refractivity contribution in [1.82, 2.24) is 0 Å². The normalized spacial score (nSPS) is 13.7. The molecule has 0 aromatic carbocycles. The maximum absolute atomic E-state index is 12.2. The molecule has 0 heterocycles. The van der Waals surface area contributed by atoms with Crippen LogP contribution in [0.4, 0.5) is 4.39 Å². The summed E-state index contributed by atoms with van der Waals surface area (Å²) >= 11 is 3.15. The van der Waals surface area contributed by atoms with Gasteiger partial charge in [-0.05, 0) is 29.6 Å². The number of rotatable bonds is 2. The Bertz CT molecular complexity index is 152. The van der Waals surface area contributed by atoms with Gasteiger partial charge in [-0.15, -0.1) is 0 Å². The first-order valence-electron chi connectivity index (χ1n) is 2.49. The second-order valence-corrected chi connectivity index (χ2v) is 2.76. The van der Waals surface area contributed by atoms with Crippen LogP contribution in [0.1, 0.15) is 6.92 Å². The van der Waals surface area contributed by atoms with Crippen LogP contribution >= 0.6 is 15.9 Å². The number of halogens is 2. The third-order valence-corrected chi connectivity index (χ3v) is 0.932. The Morgan fingerprint density at radius 1 is 1.56 bits per heavy atom. The van der Waals surface area contributed by atoms with Crippen LogP contribution in [0.15, 0.2) is 35.1 Å². The average Bonchev–Trinajstić information content (AvgIpc) is 1.83. The summed E-state index contributed by atoms with van der Waals surface area (Å²) in [6.07, 6.45) is 4.13. The van der Waals surface area contributed by atoms with Crippen LogP contribution in [0.2, 0.25) is 0 Å². The molecular weight excluding hydrogens is 183 g/mol. The molecule has 0 saturated carbocycles. The first kappa shape index (κ1) is 8.63. The first-order chi connectivity index (χ1) is 4.16. The van der Waals surface area contributed by atoms with Crippen molar-refractivity contribution in [3.63, 3.8) is 0 Å². The molecule has 0 atom stereocenters. The van der Waals surface area contributed by atoms with Crippen LogP contribution in [-0.2, 0) is 0 Å². The van der Waals surface area contributed by atoms with Crippen molar-refractivity contribution >= 4 is 15.9 Å². The molecular formula is C7H8BrF. The lowest BCUT2D eigenvalue weighted by molar-refractivity contribution is 0.668. The van der Waals surface area contributed by atoms with Gasteiger partial charge in [0, 0.05) is 0 Å². The molecule has 0 nitrogen and oxygen atoms in total. The van der Waals surface area contributed by atoms with Gasteiger partial charge in [0.1, 0.15) is 5.83 Å². The van der Waals surface area contributed by atoms with Gasteiger partial charge in [0.05, 0.1) is 0 Å². The Labute approximate surface area is 62.9 Å². The molecule has 0 radical (unpaired) electrons. The Morgan fingerprint density at radius 3 is 2.44 bits per heavy atom. The van der Waals surface area contributed by atoms with Crippen LogP contribution in [-0.4, -0.2) is 0 Å². The SMILES string of the molecule is C=C/C(F)=C\C=C(/C)Br. The summed E-state index contributed by atoms with van der Waals surface area (Å²) in [5.74, 6) is -0.325. The lowest BCUT2D eigenvalue weighted by Gasteiger charge is -1.81. The Kier molecular flexibility index (Phi) is 4.32. The fraction of sp³-hybridized carbons (Fsp3) is 0.143. The molecule has 0 fully saturated rings. The molecule has 50 valence electrons. The monoisotopic (exact) mass is 190 g/mol. The van der Waals surface area contributed by atoms with Gasteiger partial charge in [-0.2, -0.15) is 0 Å². The standard InChI is InChI=1S/C7H8BrF/c1-3-7(9)5-4-6(2)8/h3-5H,1H2,2H3/b6-4+,7-5+. The number of hydrogen-bond acceptors (Lipinski definition) is 0. The number of allylic oxidation sites excluding steroid dienone is 5. The highest BCUT2D eigenvalue weighted by Crippen LogP contribution is 2.04. The van der Waals surface area contributed by atoms with E-state index in [1.807, 2.05) is 6.92 Å². The van der Waals surface area contributed by atoms with Crippen molar-refractivity contribution in [2.75, 3.05) is 0 Å². The molecule has 0 aromatic rings. The van der Waals surface area contributed by atoms with Crippen LogP contribution in [0.5, 0.6) is 0 Å². The van der Waals surface area contributed by atoms with E-state index in [0.717, 1.165) is 10.6 Å². The molecule has 0 aliphatic rings. The van der Waals surface area contributed by atoms with E-state index in [1.54, 1.807) is 6.08 Å². The summed E-state index contributed by atoms with van der Waals surface area (Å²) in [6, 6.07) is 0. The van der Waals surface area contributed by atoms with E-state index in [4.69, 9.17) is 0 Å². The quantitative estimate of drug-likeness (QED) is 0.587. The van der Waals surface area contributed by atoms with E-state index in [1.165, 1.54) is 6.08 Å². The smallest absolute Gasteiger partial charge is 0.122 e. The molecule has 9 heavy (non-hydrogen) atoms. The molecule has 0 rings (SSSR count). The summed E-state index contributed by atoms with van der Waals surface area (Å²) in [6.45, 7) is 5.08. The summed E-state index contributed by atoms with van der Waals surface area (Å²) in [4.78, 5) is 0. The van der Waals surface area contributed by atoms with Gasteiger partial charge in [-0.3, -0.25) is 0 Å². The van der Waals surface area contributed by atoms with Crippen LogP contribution < -0.4 is 0 Å². The van der Waals surface area contributed by atoms with Crippen molar-refractivity contribution in [1.29, 1.82) is 0 Å². The third-order valence-electron chi connectivity index (χ3n) is 0.667. The molecule has 0 spiro atoms. The fourth-order valence-electron chi connectivity index (χ4n) is 0.262. The van der Waals surface area contributed by atoms with E-state index in [9.17, 15) is 4.39 Å². The molecule has 0 aromatic heterocycles. The minimum absolute atomic E-state index is 0.325. The van der Waals surface area contributed by atoms with Crippen molar-refractivity contribution in [3.05, 3.63) is 35.1 Å². The van der Waals surface area contributed by atoms with E-state index < -0.39 is 0 Å². The summed E-state index contributed by atoms with van der Waals surface area (Å²) in [5.41, 5.74) is 0. The lowest BCUT2D eigenvalue weighted by atomic mass is 10.4. The van der Waals surface area contributed by atoms with Gasteiger partial charge in [0.25, 0.3) is 0 Å². The molecule has 2 heteroatoms. The Balaban J connectivity index is 3.98. The second-order valence-electron chi connectivity index (χ2n) is 1.51. The zero-order valence-corrected chi connectivity index (χ0v) is 6.78. The van der Waals surface area contributed by atoms with Gasteiger partial charge >= 0.3 is 0 Å². The van der Waals surface area contributed by atoms with Gasteiger partial charge in [0.15, 0.2) is 0 Å². The Hall–Kier alpha value is -0.370. The van der Waals surface area contributed by atoms with Gasteiger partial charge in [0.2, 0.25) is 0 Å². The largest absolute Gasteiger partial charge is 0.207 e. The van der Waals surface area contributed by atoms with Crippen molar-refractivity contribution in [2.45, 2.75) is 6.92 Å². The lowest BCUT2D eigenvalue weighted by Crippen LogP contribution is -1.60. The molecule has 0 unspecified atom stereocenters. The maximum Gasteiger partial charge on any atom is 0.122 e. The highest BCUT2D eigenvalue weighted by Gasteiger charge is 1.80. The van der Waals surface area contributed by atoms with E-state index >= 15 is 0 Å². The zero-order chi connectivity index (χ0) is 7.28. The topological polar surface area (TPSA) is 0 Å². The summed E-state index contributed by atoms with van der Waals surface area (Å²) < 4.78 is 13.1. The number of hydrogen-bond donors (Lipinski definition) is 0. The molecule has 0 amide bonds. The van der Waals surface area contributed by atoms with E-state index in [2.05, 4.69) is 22.5 Å². The zero-order valence-electron chi connectivity index (χ0n) is 5.20. The molecule has 0 N–H and O–H groups in total. The fourth-order valence-corrected chi connectivity index (χ4v) is 0.395. The first-order valence-corrected chi connectivity index (χ1v) is 3.28. The average molecular weight is 191 g/mol. The predicted molar refractivity (Wildman–Crippen MR) is 42.1 cm³/mol. The van der Waals surface area contributed by atoms with E-state index in [-0.39, 0.29) is 5.83 Å². The van der Waals surface area contributed by atoms with Crippen molar-refractivity contribution in [3.8, 4) is 0 Å². The minimum atomic E-state index is -0.325. The highest BCUT2D eigenvalue weighted by atomic mass is 79.9. The summed E-state index contributed by atoms with van der Waals surface area (Å²) in [5, 5.41) is 0. The summed E-state index contributed by atoms with van der Waals surface area (Å²) in [7, 11) is 0. The van der Waals surface area contributed by atoms with Gasteiger partial charge < -0.3 is 0 Å². The molecule has 0 bridgehead atoms. The van der Waals surface area contributed by atoms with Gasteiger partial charge in [-0.25, -0.2) is 4.39 Å². The maximum atomic E-state index is 12.2.